The molecule has 2 atom stereocenters. The number of esters is 1. The molecule has 4 aromatic rings. The van der Waals surface area contributed by atoms with Crippen LogP contribution in [0.2, 0.25) is 0 Å². The molecule has 0 aromatic heterocycles. The van der Waals surface area contributed by atoms with Gasteiger partial charge in [0.15, 0.2) is 6.61 Å². The van der Waals surface area contributed by atoms with Crippen LogP contribution in [0.15, 0.2) is 91.0 Å². The van der Waals surface area contributed by atoms with Crippen molar-refractivity contribution < 1.29 is 23.9 Å². The van der Waals surface area contributed by atoms with Gasteiger partial charge in [0.05, 0.1) is 23.1 Å². The molecule has 7 heteroatoms. The van der Waals surface area contributed by atoms with Gasteiger partial charge in [0.1, 0.15) is 0 Å². The molecule has 0 saturated carbocycles. The second kappa shape index (κ2) is 9.80. The van der Waals surface area contributed by atoms with Crippen LogP contribution in [-0.2, 0) is 19.1 Å². The molecule has 0 radical (unpaired) electrons. The summed E-state index contributed by atoms with van der Waals surface area (Å²) < 4.78 is 5.29. The molecule has 3 aliphatic carbocycles. The average molecular weight is 557 g/mol. The number of rotatable bonds is 5. The molecule has 2 bridgehead atoms. The van der Waals surface area contributed by atoms with E-state index in [-0.39, 0.29) is 29.2 Å². The Morgan fingerprint density at radius 3 is 1.86 bits per heavy atom. The van der Waals surface area contributed by atoms with E-state index in [4.69, 9.17) is 4.74 Å². The number of imide groups is 1. The van der Waals surface area contributed by atoms with Gasteiger partial charge >= 0.3 is 5.97 Å². The van der Waals surface area contributed by atoms with Crippen LogP contribution in [0, 0.1) is 25.7 Å². The molecule has 42 heavy (non-hydrogen) atoms. The zero-order chi connectivity index (χ0) is 29.1. The molecular weight excluding hydrogens is 528 g/mol. The van der Waals surface area contributed by atoms with Crippen LogP contribution >= 0.6 is 0 Å². The summed E-state index contributed by atoms with van der Waals surface area (Å²) in [4.78, 5) is 54.7. The molecule has 1 fully saturated rings. The van der Waals surface area contributed by atoms with Crippen molar-refractivity contribution in [2.75, 3.05) is 16.8 Å². The Morgan fingerprint density at radius 2 is 1.29 bits per heavy atom. The van der Waals surface area contributed by atoms with Crippen LogP contribution in [-0.4, -0.2) is 30.3 Å². The largest absolute Gasteiger partial charge is 0.452 e. The van der Waals surface area contributed by atoms with Gasteiger partial charge in [-0.3, -0.25) is 14.4 Å². The monoisotopic (exact) mass is 556 g/mol. The van der Waals surface area contributed by atoms with Crippen molar-refractivity contribution in [3.05, 3.63) is 130 Å². The standard InChI is InChI=1S/C35H28N2O5/c1-19-9-7-16-27(20(19)2)36-28(38)18-42-35(41)21-10-8-11-22(17-21)37-33(39)31-29-23-12-3-4-13-24(23)30(32(31)34(37)40)26-15-6-5-14-25(26)29/h3-17,29-32H,18H2,1-2H3,(H,36,38)/t29?,30?,31-,32-/m1/s1. The molecule has 0 spiro atoms. The lowest BCUT2D eigenvalue weighted by atomic mass is 9.55. The summed E-state index contributed by atoms with van der Waals surface area (Å²) in [5, 5.41) is 2.77. The third-order valence-corrected chi connectivity index (χ3v) is 9.00. The van der Waals surface area contributed by atoms with Gasteiger partial charge in [-0.25, -0.2) is 9.69 Å². The molecule has 8 rings (SSSR count). The Bertz CT molecular complexity index is 1700. The van der Waals surface area contributed by atoms with Crippen molar-refractivity contribution in [1.82, 2.24) is 0 Å². The summed E-state index contributed by atoms with van der Waals surface area (Å²) in [6, 6.07) is 28.0. The maximum atomic E-state index is 14.0. The average Bonchev–Trinajstić information content (AvgIpc) is 3.28. The van der Waals surface area contributed by atoms with Crippen LogP contribution in [0.4, 0.5) is 11.4 Å². The Balaban J connectivity index is 1.13. The van der Waals surface area contributed by atoms with Gasteiger partial charge in [0, 0.05) is 17.5 Å². The SMILES string of the molecule is Cc1cccc(NC(=O)COC(=O)c2cccc(N3C(=O)[C@@H]4C5c6ccccc6C(c6ccccc65)[C@H]4C3=O)c2)c1C. The Hall–Kier alpha value is -5.04. The maximum absolute atomic E-state index is 14.0. The van der Waals surface area contributed by atoms with E-state index >= 15 is 0 Å². The number of ether oxygens (including phenoxy) is 1. The van der Waals surface area contributed by atoms with E-state index in [0.717, 1.165) is 33.4 Å². The smallest absolute Gasteiger partial charge is 0.338 e. The van der Waals surface area contributed by atoms with Gasteiger partial charge in [-0.05, 0) is 71.5 Å². The molecule has 0 unspecified atom stereocenters. The minimum atomic E-state index is -0.718. The number of amides is 3. The van der Waals surface area contributed by atoms with Crippen molar-refractivity contribution >= 4 is 35.1 Å². The summed E-state index contributed by atoms with van der Waals surface area (Å²) in [5.41, 5.74) is 7.49. The van der Waals surface area contributed by atoms with E-state index in [2.05, 4.69) is 29.6 Å². The first-order chi connectivity index (χ1) is 20.3. The highest BCUT2D eigenvalue weighted by atomic mass is 16.5. The van der Waals surface area contributed by atoms with Crippen LogP contribution in [0.3, 0.4) is 0 Å². The fourth-order valence-electron chi connectivity index (χ4n) is 6.99. The third kappa shape index (κ3) is 3.88. The molecule has 7 nitrogen and oxygen atoms in total. The normalized spacial score (nSPS) is 21.4. The Morgan fingerprint density at radius 1 is 0.738 bits per heavy atom. The number of hydrogen-bond acceptors (Lipinski definition) is 5. The predicted octanol–water partition coefficient (Wildman–Crippen LogP) is 5.50. The minimum absolute atomic E-state index is 0.150. The lowest BCUT2D eigenvalue weighted by molar-refractivity contribution is -0.122. The van der Waals surface area contributed by atoms with Gasteiger partial charge in [-0.1, -0.05) is 66.7 Å². The highest BCUT2D eigenvalue weighted by Gasteiger charge is 2.61. The van der Waals surface area contributed by atoms with Crippen LogP contribution in [0.1, 0.15) is 55.6 Å². The number of nitrogens with zero attached hydrogens (tertiary/aromatic N) is 1. The molecule has 1 heterocycles. The van der Waals surface area contributed by atoms with E-state index in [0.29, 0.717) is 11.4 Å². The molecule has 4 aliphatic rings. The van der Waals surface area contributed by atoms with Crippen molar-refractivity contribution in [2.24, 2.45) is 11.8 Å². The van der Waals surface area contributed by atoms with E-state index in [1.54, 1.807) is 24.3 Å². The van der Waals surface area contributed by atoms with Gasteiger partial charge in [0.25, 0.3) is 5.91 Å². The minimum Gasteiger partial charge on any atom is -0.452 e. The number of carbonyl (C=O) groups is 4. The molecule has 1 N–H and O–H groups in total. The molecular formula is C35H28N2O5. The number of benzene rings is 4. The fourth-order valence-corrected chi connectivity index (χ4v) is 6.99. The van der Waals surface area contributed by atoms with E-state index in [9.17, 15) is 19.2 Å². The molecule has 208 valence electrons. The van der Waals surface area contributed by atoms with Gasteiger partial charge < -0.3 is 10.1 Å². The van der Waals surface area contributed by atoms with E-state index in [1.165, 1.54) is 11.0 Å². The van der Waals surface area contributed by atoms with Gasteiger partial charge in [-0.2, -0.15) is 0 Å². The molecule has 1 aliphatic heterocycles. The second-order valence-electron chi connectivity index (χ2n) is 11.2. The highest BCUT2D eigenvalue weighted by molar-refractivity contribution is 6.23. The molecule has 1 saturated heterocycles. The number of hydrogen-bond donors (Lipinski definition) is 1. The summed E-state index contributed by atoms with van der Waals surface area (Å²) in [5.74, 6) is -3.16. The number of nitrogens with one attached hydrogen (secondary N) is 1. The maximum Gasteiger partial charge on any atom is 0.338 e. The quantitative estimate of drug-likeness (QED) is 0.259. The molecule has 3 amide bonds. The topological polar surface area (TPSA) is 92.8 Å². The van der Waals surface area contributed by atoms with Crippen molar-refractivity contribution in [3.8, 4) is 0 Å². The lowest BCUT2D eigenvalue weighted by Crippen LogP contribution is -2.41. The van der Waals surface area contributed by atoms with E-state index in [1.807, 2.05) is 50.2 Å². The summed E-state index contributed by atoms with van der Waals surface area (Å²) >= 11 is 0. The van der Waals surface area contributed by atoms with Gasteiger partial charge in [-0.15, -0.1) is 0 Å². The first kappa shape index (κ1) is 25.9. The third-order valence-electron chi connectivity index (χ3n) is 9.00. The van der Waals surface area contributed by atoms with E-state index < -0.39 is 30.3 Å². The zero-order valence-electron chi connectivity index (χ0n) is 23.2. The number of anilines is 2. The Labute approximate surface area is 243 Å². The zero-order valence-corrected chi connectivity index (χ0v) is 23.2. The van der Waals surface area contributed by atoms with Crippen molar-refractivity contribution in [2.45, 2.75) is 25.7 Å². The van der Waals surface area contributed by atoms with Crippen LogP contribution in [0.25, 0.3) is 0 Å². The highest BCUT2D eigenvalue weighted by Crippen LogP contribution is 2.61. The van der Waals surface area contributed by atoms with Crippen molar-refractivity contribution in [1.29, 1.82) is 0 Å². The predicted molar refractivity (Wildman–Crippen MR) is 157 cm³/mol. The fraction of sp³-hybridized carbons (Fsp3) is 0.200. The first-order valence-electron chi connectivity index (χ1n) is 14.0. The molecule has 4 aromatic carbocycles. The number of aryl methyl sites for hydroxylation is 1. The lowest BCUT2D eigenvalue weighted by Gasteiger charge is -2.45. The summed E-state index contributed by atoms with van der Waals surface area (Å²) in [7, 11) is 0. The Kier molecular flexibility index (Phi) is 6.04. The summed E-state index contributed by atoms with van der Waals surface area (Å²) in [6.45, 7) is 3.38. The van der Waals surface area contributed by atoms with Crippen LogP contribution < -0.4 is 10.2 Å². The van der Waals surface area contributed by atoms with Gasteiger partial charge in [0.2, 0.25) is 11.8 Å². The van der Waals surface area contributed by atoms with Crippen LogP contribution in [0.5, 0.6) is 0 Å². The van der Waals surface area contributed by atoms with Crippen molar-refractivity contribution in [3.63, 3.8) is 0 Å². The number of carbonyl (C=O) groups excluding carboxylic acids is 4. The summed E-state index contributed by atoms with van der Waals surface area (Å²) in [6.07, 6.45) is 0. The second-order valence-corrected chi connectivity index (χ2v) is 11.2. The first-order valence-corrected chi connectivity index (χ1v) is 14.0.